The van der Waals surface area contributed by atoms with Crippen molar-refractivity contribution in [2.24, 2.45) is 0 Å². The van der Waals surface area contributed by atoms with E-state index in [0.29, 0.717) is 16.9 Å². The molecular formula is C12H10N2O3S. The van der Waals surface area contributed by atoms with Gasteiger partial charge in [-0.15, -0.1) is 11.3 Å². The Balaban J connectivity index is 2.10. The Bertz CT molecular complexity index is 566. The van der Waals surface area contributed by atoms with Crippen LogP contribution in [-0.2, 0) is 11.2 Å². The van der Waals surface area contributed by atoms with Gasteiger partial charge in [-0.3, -0.25) is 9.59 Å². The van der Waals surface area contributed by atoms with Gasteiger partial charge in [0.15, 0.2) is 0 Å². The molecule has 0 saturated carbocycles. The number of carbonyl (C=O) groups excluding carboxylic acids is 1. The minimum atomic E-state index is -0.905. The second-order valence-corrected chi connectivity index (χ2v) is 4.32. The van der Waals surface area contributed by atoms with E-state index in [1.807, 2.05) is 0 Å². The van der Waals surface area contributed by atoms with Gasteiger partial charge < -0.3 is 10.4 Å². The number of aromatic nitrogens is 1. The van der Waals surface area contributed by atoms with E-state index in [1.165, 1.54) is 11.3 Å². The maximum Gasteiger partial charge on any atom is 0.307 e. The molecule has 18 heavy (non-hydrogen) atoms. The van der Waals surface area contributed by atoms with Crippen LogP contribution in [0, 0.1) is 0 Å². The zero-order valence-corrected chi connectivity index (χ0v) is 10.1. The van der Waals surface area contributed by atoms with Crippen molar-refractivity contribution in [3.63, 3.8) is 0 Å². The molecule has 0 bridgehead atoms. The summed E-state index contributed by atoms with van der Waals surface area (Å²) in [7, 11) is 0. The largest absolute Gasteiger partial charge is 0.481 e. The summed E-state index contributed by atoms with van der Waals surface area (Å²) in [6, 6.07) is 6.75. The van der Waals surface area contributed by atoms with Crippen LogP contribution in [0.2, 0.25) is 0 Å². The molecular weight excluding hydrogens is 252 g/mol. The highest BCUT2D eigenvalue weighted by atomic mass is 32.1. The fraction of sp³-hybridized carbons (Fsp3) is 0.0833. The van der Waals surface area contributed by atoms with Gasteiger partial charge in [0.25, 0.3) is 5.91 Å². The Morgan fingerprint density at radius 1 is 1.39 bits per heavy atom. The van der Waals surface area contributed by atoms with Gasteiger partial charge in [0.05, 0.1) is 11.9 Å². The molecule has 1 aromatic carbocycles. The number of benzene rings is 1. The van der Waals surface area contributed by atoms with Crippen LogP contribution in [0.4, 0.5) is 5.69 Å². The molecule has 0 radical (unpaired) electrons. The van der Waals surface area contributed by atoms with Gasteiger partial charge >= 0.3 is 5.97 Å². The highest BCUT2D eigenvalue weighted by Crippen LogP contribution is 2.13. The maximum atomic E-state index is 11.7. The number of hydrogen-bond donors (Lipinski definition) is 2. The lowest BCUT2D eigenvalue weighted by molar-refractivity contribution is -0.136. The first-order valence-electron chi connectivity index (χ1n) is 5.15. The molecule has 0 aliphatic carbocycles. The van der Waals surface area contributed by atoms with Crippen LogP contribution in [0.25, 0.3) is 0 Å². The van der Waals surface area contributed by atoms with Crippen LogP contribution in [0.3, 0.4) is 0 Å². The molecule has 2 N–H and O–H groups in total. The topological polar surface area (TPSA) is 79.3 Å². The molecule has 0 aliphatic rings. The van der Waals surface area contributed by atoms with Crippen molar-refractivity contribution in [1.82, 2.24) is 4.98 Å². The first-order chi connectivity index (χ1) is 8.65. The van der Waals surface area contributed by atoms with Gasteiger partial charge in [0.1, 0.15) is 5.69 Å². The normalized spacial score (nSPS) is 10.0. The Hall–Kier alpha value is -2.21. The maximum absolute atomic E-state index is 11.7. The number of nitrogens with zero attached hydrogens (tertiary/aromatic N) is 1. The molecule has 5 nitrogen and oxygen atoms in total. The Labute approximate surface area is 107 Å². The number of aliphatic carboxylic acids is 1. The van der Waals surface area contributed by atoms with Gasteiger partial charge in [0, 0.05) is 11.1 Å². The van der Waals surface area contributed by atoms with E-state index < -0.39 is 5.97 Å². The lowest BCUT2D eigenvalue weighted by Crippen LogP contribution is -2.12. The average Bonchev–Trinajstić information content (AvgIpc) is 2.81. The molecule has 0 saturated heterocycles. The molecule has 92 valence electrons. The highest BCUT2D eigenvalue weighted by molar-refractivity contribution is 7.07. The van der Waals surface area contributed by atoms with Crippen molar-refractivity contribution >= 4 is 28.9 Å². The third-order valence-electron chi connectivity index (χ3n) is 2.21. The number of anilines is 1. The number of carbonyl (C=O) groups is 2. The summed E-state index contributed by atoms with van der Waals surface area (Å²) in [5.41, 5.74) is 3.13. The smallest absolute Gasteiger partial charge is 0.307 e. The molecule has 0 spiro atoms. The third kappa shape index (κ3) is 3.14. The second-order valence-electron chi connectivity index (χ2n) is 3.60. The van der Waals surface area contributed by atoms with Crippen LogP contribution in [-0.4, -0.2) is 22.0 Å². The average molecular weight is 262 g/mol. The SMILES string of the molecule is O=C(O)Cc1cccc(NC(=O)c2cscn2)c1. The molecule has 1 heterocycles. The lowest BCUT2D eigenvalue weighted by Gasteiger charge is -2.05. The first kappa shape index (κ1) is 12.3. The van der Waals surface area contributed by atoms with E-state index in [2.05, 4.69) is 10.3 Å². The highest BCUT2D eigenvalue weighted by Gasteiger charge is 2.08. The van der Waals surface area contributed by atoms with E-state index >= 15 is 0 Å². The van der Waals surface area contributed by atoms with Crippen molar-refractivity contribution in [2.45, 2.75) is 6.42 Å². The van der Waals surface area contributed by atoms with Crippen molar-refractivity contribution in [1.29, 1.82) is 0 Å². The summed E-state index contributed by atoms with van der Waals surface area (Å²) in [5, 5.41) is 13.0. The lowest BCUT2D eigenvalue weighted by atomic mass is 10.1. The van der Waals surface area contributed by atoms with Gasteiger partial charge in [-0.2, -0.15) is 0 Å². The van der Waals surface area contributed by atoms with Gasteiger partial charge in [-0.25, -0.2) is 4.98 Å². The Kier molecular flexibility index (Phi) is 3.69. The van der Waals surface area contributed by atoms with Crippen LogP contribution in [0.15, 0.2) is 35.2 Å². The third-order valence-corrected chi connectivity index (χ3v) is 2.79. The summed E-state index contributed by atoms with van der Waals surface area (Å²) in [6.07, 6.45) is -0.0690. The molecule has 2 rings (SSSR count). The molecule has 1 amide bonds. The summed E-state index contributed by atoms with van der Waals surface area (Å²) >= 11 is 1.34. The van der Waals surface area contributed by atoms with Crippen LogP contribution >= 0.6 is 11.3 Å². The van der Waals surface area contributed by atoms with Gasteiger partial charge in [0.2, 0.25) is 0 Å². The molecule has 0 atom stereocenters. The summed E-state index contributed by atoms with van der Waals surface area (Å²) in [6.45, 7) is 0. The van der Waals surface area contributed by atoms with Crippen molar-refractivity contribution in [2.75, 3.05) is 5.32 Å². The molecule has 0 unspecified atom stereocenters. The minimum absolute atomic E-state index is 0.0690. The summed E-state index contributed by atoms with van der Waals surface area (Å²) in [4.78, 5) is 26.2. The number of thiazole rings is 1. The molecule has 0 aliphatic heterocycles. The fourth-order valence-corrected chi connectivity index (χ4v) is 1.99. The fourth-order valence-electron chi connectivity index (χ4n) is 1.45. The second kappa shape index (κ2) is 5.42. The van der Waals surface area contributed by atoms with Crippen LogP contribution in [0.5, 0.6) is 0 Å². The number of rotatable bonds is 4. The number of nitrogens with one attached hydrogen (secondary N) is 1. The van der Waals surface area contributed by atoms with Crippen molar-refractivity contribution < 1.29 is 14.7 Å². The Morgan fingerprint density at radius 3 is 2.89 bits per heavy atom. The van der Waals surface area contributed by atoms with Gasteiger partial charge in [-0.05, 0) is 17.7 Å². The number of amides is 1. The number of carboxylic acid groups (broad SMARTS) is 1. The first-order valence-corrected chi connectivity index (χ1v) is 6.10. The molecule has 2 aromatic rings. The molecule has 0 fully saturated rings. The van der Waals surface area contributed by atoms with Crippen molar-refractivity contribution in [3.8, 4) is 0 Å². The zero-order valence-electron chi connectivity index (χ0n) is 9.29. The molecule has 1 aromatic heterocycles. The van der Waals surface area contributed by atoms with Gasteiger partial charge in [-0.1, -0.05) is 12.1 Å². The minimum Gasteiger partial charge on any atom is -0.481 e. The number of carboxylic acids is 1. The van der Waals surface area contributed by atoms with Crippen LogP contribution < -0.4 is 5.32 Å². The number of hydrogen-bond acceptors (Lipinski definition) is 4. The standard InChI is InChI=1S/C12H10N2O3S/c15-11(16)5-8-2-1-3-9(4-8)14-12(17)10-6-18-7-13-10/h1-4,6-7H,5H2,(H,14,17)(H,15,16). The van der Waals surface area contributed by atoms with E-state index in [-0.39, 0.29) is 12.3 Å². The monoisotopic (exact) mass is 262 g/mol. The van der Waals surface area contributed by atoms with E-state index in [1.54, 1.807) is 35.2 Å². The Morgan fingerprint density at radius 2 is 2.22 bits per heavy atom. The summed E-state index contributed by atoms with van der Waals surface area (Å²) < 4.78 is 0. The quantitative estimate of drug-likeness (QED) is 0.883. The van der Waals surface area contributed by atoms with E-state index in [4.69, 9.17) is 5.11 Å². The van der Waals surface area contributed by atoms with Crippen LogP contribution in [0.1, 0.15) is 16.1 Å². The predicted molar refractivity (Wildman–Crippen MR) is 67.8 cm³/mol. The zero-order chi connectivity index (χ0) is 13.0. The van der Waals surface area contributed by atoms with E-state index in [9.17, 15) is 9.59 Å². The molecule has 6 heteroatoms. The summed E-state index contributed by atoms with van der Waals surface area (Å²) in [5.74, 6) is -1.21. The predicted octanol–water partition coefficient (Wildman–Crippen LogP) is 2.02. The van der Waals surface area contributed by atoms with E-state index in [0.717, 1.165) is 0 Å². The van der Waals surface area contributed by atoms with Crippen molar-refractivity contribution in [3.05, 3.63) is 46.4 Å².